The smallest absolute Gasteiger partial charge is 0.261 e. The van der Waals surface area contributed by atoms with Gasteiger partial charge in [0.15, 0.2) is 0 Å². The molecule has 27 heavy (non-hydrogen) atoms. The van der Waals surface area contributed by atoms with Crippen LogP contribution in [-0.2, 0) is 15.8 Å². The van der Waals surface area contributed by atoms with E-state index in [1.54, 1.807) is 43.1 Å². The molecule has 0 spiro atoms. The zero-order valence-electron chi connectivity index (χ0n) is 14.6. The highest BCUT2D eigenvalue weighted by molar-refractivity contribution is 14.1. The summed E-state index contributed by atoms with van der Waals surface area (Å²) in [5.74, 6) is 1.48. The van der Waals surface area contributed by atoms with Crippen molar-refractivity contribution < 1.29 is 13.2 Å². The summed E-state index contributed by atoms with van der Waals surface area (Å²) in [6.07, 6.45) is 0. The molecule has 0 aliphatic rings. The molecule has 3 rings (SSSR count). The Morgan fingerprint density at radius 2 is 1.70 bits per heavy atom. The van der Waals surface area contributed by atoms with Crippen molar-refractivity contribution in [2.75, 3.05) is 11.8 Å². The first kappa shape index (κ1) is 20.0. The minimum Gasteiger partial charge on any atom is -0.496 e. The number of benzene rings is 3. The molecule has 1 N–H and O–H groups in total. The summed E-state index contributed by atoms with van der Waals surface area (Å²) in [5.41, 5.74) is 1.67. The molecule has 0 saturated heterocycles. The first-order valence-corrected chi connectivity index (χ1v) is 11.7. The van der Waals surface area contributed by atoms with Crippen LogP contribution >= 0.6 is 34.4 Å². The van der Waals surface area contributed by atoms with E-state index in [1.165, 1.54) is 11.0 Å². The van der Waals surface area contributed by atoms with E-state index in [4.69, 9.17) is 4.74 Å². The number of hydrogen-bond donors (Lipinski definition) is 1. The Bertz CT molecular complexity index is 1010. The molecule has 0 aliphatic carbocycles. The summed E-state index contributed by atoms with van der Waals surface area (Å²) in [7, 11) is -2.09. The van der Waals surface area contributed by atoms with Crippen molar-refractivity contribution in [1.82, 2.24) is 0 Å². The van der Waals surface area contributed by atoms with Gasteiger partial charge in [-0.3, -0.25) is 4.72 Å². The molecule has 3 aromatic rings. The van der Waals surface area contributed by atoms with Crippen LogP contribution in [0.4, 0.5) is 5.69 Å². The quantitative estimate of drug-likeness (QED) is 0.341. The van der Waals surface area contributed by atoms with Crippen LogP contribution in [0.15, 0.2) is 82.6 Å². The molecule has 140 valence electrons. The van der Waals surface area contributed by atoms with Crippen molar-refractivity contribution in [2.45, 2.75) is 15.5 Å². The molecule has 0 unspecified atom stereocenters. The minimum atomic E-state index is -3.64. The van der Waals surface area contributed by atoms with Gasteiger partial charge >= 0.3 is 0 Å². The Morgan fingerprint density at radius 1 is 1.00 bits per heavy atom. The van der Waals surface area contributed by atoms with Gasteiger partial charge in [-0.15, -0.1) is 11.8 Å². The summed E-state index contributed by atoms with van der Waals surface area (Å²) in [6.45, 7) is 0. The van der Waals surface area contributed by atoms with Gasteiger partial charge in [-0.05, 0) is 70.6 Å². The standard InChI is InChI=1S/C20H18INO3S2/c1-25-20-12-11-18(13-19(20)21)27(23,24)22-16-9-7-15(8-10-16)14-26-17-5-3-2-4-6-17/h2-13,22H,14H2,1H3. The highest BCUT2D eigenvalue weighted by Crippen LogP contribution is 2.26. The number of methoxy groups -OCH3 is 1. The van der Waals surface area contributed by atoms with Crippen molar-refractivity contribution in [1.29, 1.82) is 0 Å². The van der Waals surface area contributed by atoms with Crippen LogP contribution in [0.3, 0.4) is 0 Å². The molecule has 0 atom stereocenters. The fraction of sp³-hybridized carbons (Fsp3) is 0.100. The third-order valence-electron chi connectivity index (χ3n) is 3.79. The SMILES string of the molecule is COc1ccc(S(=O)(=O)Nc2ccc(CSc3ccccc3)cc2)cc1I. The second kappa shape index (κ2) is 8.99. The van der Waals surface area contributed by atoms with E-state index in [0.29, 0.717) is 11.4 Å². The summed E-state index contributed by atoms with van der Waals surface area (Å²) in [5, 5.41) is 0. The summed E-state index contributed by atoms with van der Waals surface area (Å²) in [6, 6.07) is 22.4. The molecule has 0 amide bonds. The lowest BCUT2D eigenvalue weighted by Crippen LogP contribution is -2.13. The van der Waals surface area contributed by atoms with Crippen LogP contribution in [0.1, 0.15) is 5.56 Å². The van der Waals surface area contributed by atoms with Crippen LogP contribution in [0.25, 0.3) is 0 Å². The van der Waals surface area contributed by atoms with Crippen molar-refractivity contribution in [3.05, 3.63) is 81.9 Å². The molecule has 0 fully saturated rings. The van der Waals surface area contributed by atoms with Gasteiger partial charge in [-0.1, -0.05) is 30.3 Å². The minimum absolute atomic E-state index is 0.205. The number of ether oxygens (including phenoxy) is 1. The van der Waals surface area contributed by atoms with E-state index in [1.807, 2.05) is 30.3 Å². The molecule has 3 aromatic carbocycles. The molecule has 0 bridgehead atoms. The van der Waals surface area contributed by atoms with Crippen molar-refractivity contribution in [3.8, 4) is 5.75 Å². The molecule has 0 radical (unpaired) electrons. The van der Waals surface area contributed by atoms with Crippen molar-refractivity contribution in [3.63, 3.8) is 0 Å². The largest absolute Gasteiger partial charge is 0.496 e. The maximum Gasteiger partial charge on any atom is 0.261 e. The van der Waals surface area contributed by atoms with Gasteiger partial charge in [-0.2, -0.15) is 0 Å². The van der Waals surface area contributed by atoms with E-state index >= 15 is 0 Å². The van der Waals surface area contributed by atoms with Gasteiger partial charge in [0, 0.05) is 16.3 Å². The molecule has 0 saturated carbocycles. The number of sulfonamides is 1. The zero-order chi connectivity index (χ0) is 19.3. The van der Waals surface area contributed by atoms with Gasteiger partial charge in [0.1, 0.15) is 5.75 Å². The number of hydrogen-bond acceptors (Lipinski definition) is 4. The van der Waals surface area contributed by atoms with Gasteiger partial charge in [0.05, 0.1) is 15.6 Å². The number of anilines is 1. The third kappa shape index (κ3) is 5.40. The number of halogens is 1. The number of rotatable bonds is 7. The van der Waals surface area contributed by atoms with Crippen LogP contribution in [-0.4, -0.2) is 15.5 Å². The van der Waals surface area contributed by atoms with Crippen molar-refractivity contribution in [2.24, 2.45) is 0 Å². The molecular formula is C20H18INO3S2. The Hall–Kier alpha value is -1.71. The Morgan fingerprint density at radius 3 is 2.33 bits per heavy atom. The maximum atomic E-state index is 12.6. The number of nitrogens with one attached hydrogen (secondary N) is 1. The Balaban J connectivity index is 1.67. The lowest BCUT2D eigenvalue weighted by molar-refractivity contribution is 0.411. The summed E-state index contributed by atoms with van der Waals surface area (Å²) in [4.78, 5) is 1.41. The molecule has 7 heteroatoms. The maximum absolute atomic E-state index is 12.6. The predicted molar refractivity (Wildman–Crippen MR) is 119 cm³/mol. The Kier molecular flexibility index (Phi) is 6.67. The topological polar surface area (TPSA) is 55.4 Å². The van der Waals surface area contributed by atoms with Crippen molar-refractivity contribution >= 4 is 50.1 Å². The monoisotopic (exact) mass is 511 g/mol. The molecular weight excluding hydrogens is 493 g/mol. The van der Waals surface area contributed by atoms with Crippen LogP contribution in [0.5, 0.6) is 5.75 Å². The molecule has 0 aliphatic heterocycles. The van der Waals surface area contributed by atoms with E-state index in [-0.39, 0.29) is 4.90 Å². The highest BCUT2D eigenvalue weighted by atomic mass is 127. The van der Waals surface area contributed by atoms with Gasteiger partial charge in [0.25, 0.3) is 10.0 Å². The average Bonchev–Trinajstić information content (AvgIpc) is 2.68. The normalized spacial score (nSPS) is 11.2. The lowest BCUT2D eigenvalue weighted by atomic mass is 10.2. The fourth-order valence-corrected chi connectivity index (χ4v) is 5.29. The van der Waals surface area contributed by atoms with E-state index < -0.39 is 10.0 Å². The fourth-order valence-electron chi connectivity index (χ4n) is 2.38. The first-order chi connectivity index (χ1) is 13.0. The first-order valence-electron chi connectivity index (χ1n) is 8.11. The summed E-state index contributed by atoms with van der Waals surface area (Å²) >= 11 is 3.80. The molecule has 4 nitrogen and oxygen atoms in total. The number of thioether (sulfide) groups is 1. The Labute approximate surface area is 177 Å². The van der Waals surface area contributed by atoms with Gasteiger partial charge < -0.3 is 4.74 Å². The van der Waals surface area contributed by atoms with E-state index in [9.17, 15) is 8.42 Å². The zero-order valence-corrected chi connectivity index (χ0v) is 18.3. The van der Waals surface area contributed by atoms with Crippen LogP contribution < -0.4 is 9.46 Å². The van der Waals surface area contributed by atoms with Gasteiger partial charge in [-0.25, -0.2) is 8.42 Å². The predicted octanol–water partition coefficient (Wildman–Crippen LogP) is 5.39. The van der Waals surface area contributed by atoms with Crippen LogP contribution in [0, 0.1) is 3.57 Å². The molecule has 0 heterocycles. The molecule has 0 aromatic heterocycles. The highest BCUT2D eigenvalue weighted by Gasteiger charge is 2.16. The van der Waals surface area contributed by atoms with E-state index in [2.05, 4.69) is 39.4 Å². The third-order valence-corrected chi connectivity index (χ3v) is 7.09. The second-order valence-corrected chi connectivity index (χ2v) is 9.59. The lowest BCUT2D eigenvalue weighted by Gasteiger charge is -2.10. The summed E-state index contributed by atoms with van der Waals surface area (Å²) < 4.78 is 33.7. The van der Waals surface area contributed by atoms with Gasteiger partial charge in [0.2, 0.25) is 0 Å². The average molecular weight is 511 g/mol. The second-order valence-electron chi connectivity index (χ2n) is 5.70. The van der Waals surface area contributed by atoms with Crippen LogP contribution in [0.2, 0.25) is 0 Å². The van der Waals surface area contributed by atoms with E-state index in [0.717, 1.165) is 14.9 Å².